The van der Waals surface area contributed by atoms with Crippen LogP contribution >= 0.6 is 23.2 Å². The van der Waals surface area contributed by atoms with Gasteiger partial charge in [-0.05, 0) is 49.4 Å². The molecule has 0 fully saturated rings. The molecule has 4 rings (SSSR count). The molecule has 0 unspecified atom stereocenters. The third kappa shape index (κ3) is 3.77. The lowest BCUT2D eigenvalue weighted by Crippen LogP contribution is -2.16. The summed E-state index contributed by atoms with van der Waals surface area (Å²) in [6, 6.07) is 18.3. The fourth-order valence-corrected chi connectivity index (χ4v) is 3.40. The Morgan fingerprint density at radius 2 is 1.69 bits per heavy atom. The summed E-state index contributed by atoms with van der Waals surface area (Å²) in [5.74, 6) is -0.826. The molecule has 0 aliphatic heterocycles. The third-order valence-corrected chi connectivity index (χ3v) is 4.96. The maximum atomic E-state index is 13.1. The molecule has 1 heterocycles. The average molecular weight is 425 g/mol. The van der Waals surface area contributed by atoms with Crippen LogP contribution in [0.4, 0.5) is 0 Å². The molecule has 29 heavy (non-hydrogen) atoms. The lowest BCUT2D eigenvalue weighted by molar-refractivity contribution is 0.0731. The van der Waals surface area contributed by atoms with Crippen LogP contribution in [0.5, 0.6) is 5.75 Å². The Balaban J connectivity index is 1.91. The van der Waals surface area contributed by atoms with E-state index in [1.54, 1.807) is 60.7 Å². The molecule has 0 N–H and O–H groups in total. The first-order chi connectivity index (χ1) is 13.9. The Morgan fingerprint density at radius 1 is 0.966 bits per heavy atom. The molecule has 0 radical (unpaired) electrons. The average Bonchev–Trinajstić information content (AvgIpc) is 2.71. The lowest BCUT2D eigenvalue weighted by Gasteiger charge is -2.12. The zero-order valence-electron chi connectivity index (χ0n) is 15.2. The van der Waals surface area contributed by atoms with Gasteiger partial charge in [0.2, 0.25) is 11.2 Å². The van der Waals surface area contributed by atoms with E-state index in [9.17, 15) is 9.59 Å². The molecule has 3 aromatic carbocycles. The summed E-state index contributed by atoms with van der Waals surface area (Å²) in [4.78, 5) is 25.8. The minimum atomic E-state index is -0.668. The molecule has 0 aliphatic carbocycles. The fourth-order valence-electron chi connectivity index (χ4n) is 2.91. The Bertz CT molecular complexity index is 1290. The maximum Gasteiger partial charge on any atom is 0.343 e. The molecule has 4 aromatic rings. The van der Waals surface area contributed by atoms with Gasteiger partial charge in [-0.1, -0.05) is 53.0 Å². The van der Waals surface area contributed by atoms with E-state index >= 15 is 0 Å². The van der Waals surface area contributed by atoms with Gasteiger partial charge in [-0.15, -0.1) is 0 Å². The zero-order valence-corrected chi connectivity index (χ0v) is 16.8. The number of hydrogen-bond donors (Lipinski definition) is 0. The molecule has 0 saturated carbocycles. The van der Waals surface area contributed by atoms with Crippen molar-refractivity contribution in [2.45, 2.75) is 6.92 Å². The number of carbonyl (C=O) groups is 1. The van der Waals surface area contributed by atoms with Crippen molar-refractivity contribution >= 4 is 40.1 Å². The molecule has 0 saturated heterocycles. The summed E-state index contributed by atoms with van der Waals surface area (Å²) >= 11 is 12.3. The van der Waals surface area contributed by atoms with E-state index in [1.807, 2.05) is 6.92 Å². The number of hydrogen-bond acceptors (Lipinski definition) is 4. The molecule has 144 valence electrons. The van der Waals surface area contributed by atoms with Crippen molar-refractivity contribution in [2.75, 3.05) is 0 Å². The van der Waals surface area contributed by atoms with Crippen molar-refractivity contribution in [2.24, 2.45) is 0 Å². The summed E-state index contributed by atoms with van der Waals surface area (Å²) in [5, 5.41) is 0.997. The van der Waals surface area contributed by atoms with Crippen LogP contribution in [0.3, 0.4) is 0 Å². The summed E-state index contributed by atoms with van der Waals surface area (Å²) in [6.07, 6.45) is 0. The zero-order chi connectivity index (χ0) is 20.5. The number of aryl methyl sites for hydroxylation is 1. The second kappa shape index (κ2) is 7.74. The highest BCUT2D eigenvalue weighted by atomic mass is 35.5. The first kappa shape index (κ1) is 19.2. The Kier molecular flexibility index (Phi) is 5.14. The number of benzene rings is 3. The molecule has 0 amide bonds. The minimum absolute atomic E-state index is 0.0656. The number of fused-ring (bicyclic) bond motifs is 1. The van der Waals surface area contributed by atoms with E-state index in [0.717, 1.165) is 5.56 Å². The van der Waals surface area contributed by atoms with Gasteiger partial charge in [-0.2, -0.15) is 0 Å². The van der Waals surface area contributed by atoms with Gasteiger partial charge in [0, 0.05) is 10.6 Å². The van der Waals surface area contributed by atoms with E-state index in [-0.39, 0.29) is 16.5 Å². The topological polar surface area (TPSA) is 56.5 Å². The second-order valence-corrected chi connectivity index (χ2v) is 7.31. The van der Waals surface area contributed by atoms with Crippen LogP contribution in [-0.4, -0.2) is 5.97 Å². The lowest BCUT2D eigenvalue weighted by atomic mass is 10.1. The number of ether oxygens (including phenoxy) is 1. The number of para-hydroxylation sites is 1. The molecule has 1 aromatic heterocycles. The van der Waals surface area contributed by atoms with Crippen molar-refractivity contribution in [1.29, 1.82) is 0 Å². The summed E-state index contributed by atoms with van der Waals surface area (Å²) in [7, 11) is 0. The van der Waals surface area contributed by atoms with Crippen molar-refractivity contribution in [3.63, 3.8) is 0 Å². The van der Waals surface area contributed by atoms with Gasteiger partial charge >= 0.3 is 5.97 Å². The minimum Gasteiger partial charge on any atom is -0.452 e. The van der Waals surface area contributed by atoms with Crippen molar-refractivity contribution in [3.05, 3.63) is 98.1 Å². The molecular weight excluding hydrogens is 411 g/mol. The first-order valence-electron chi connectivity index (χ1n) is 8.74. The van der Waals surface area contributed by atoms with Crippen LogP contribution in [0.15, 0.2) is 75.9 Å². The highest BCUT2D eigenvalue weighted by Crippen LogP contribution is 2.36. The molecular formula is C23H14Cl2O4. The highest BCUT2D eigenvalue weighted by Gasteiger charge is 2.22. The standard InChI is InChI=1S/C23H14Cl2O4/c1-13-6-8-14(9-7-13)23(27)29-22-20(26)17-4-2-3-5-19(17)28-21(22)16-11-10-15(24)12-18(16)25/h2-12H,1H3. The van der Waals surface area contributed by atoms with Gasteiger partial charge in [0.05, 0.1) is 16.0 Å². The van der Waals surface area contributed by atoms with Crippen molar-refractivity contribution in [3.8, 4) is 17.1 Å². The molecule has 0 spiro atoms. The van der Waals surface area contributed by atoms with Crippen LogP contribution in [0.1, 0.15) is 15.9 Å². The van der Waals surface area contributed by atoms with E-state index in [1.165, 1.54) is 6.07 Å². The fraction of sp³-hybridized carbons (Fsp3) is 0.0435. The Hall–Kier alpha value is -3.08. The summed E-state index contributed by atoms with van der Waals surface area (Å²) in [5.41, 5.74) is 1.60. The van der Waals surface area contributed by atoms with Crippen LogP contribution < -0.4 is 10.2 Å². The number of carbonyl (C=O) groups excluding carboxylic acids is 1. The summed E-state index contributed by atoms with van der Waals surface area (Å²) in [6.45, 7) is 1.91. The predicted octanol–water partition coefficient (Wildman–Crippen LogP) is 6.29. The molecule has 0 bridgehead atoms. The number of rotatable bonds is 3. The Morgan fingerprint density at radius 3 is 2.41 bits per heavy atom. The SMILES string of the molecule is Cc1ccc(C(=O)Oc2c(-c3ccc(Cl)cc3Cl)oc3ccccc3c2=O)cc1. The Labute approximate surface area is 176 Å². The van der Waals surface area contributed by atoms with Crippen molar-refractivity contribution < 1.29 is 13.9 Å². The second-order valence-electron chi connectivity index (χ2n) is 6.47. The van der Waals surface area contributed by atoms with Crippen LogP contribution in [-0.2, 0) is 0 Å². The van der Waals surface area contributed by atoms with E-state index in [0.29, 0.717) is 27.1 Å². The van der Waals surface area contributed by atoms with Gasteiger partial charge in [-0.3, -0.25) is 4.79 Å². The van der Waals surface area contributed by atoms with Gasteiger partial charge in [-0.25, -0.2) is 4.79 Å². The number of esters is 1. The smallest absolute Gasteiger partial charge is 0.343 e. The highest BCUT2D eigenvalue weighted by molar-refractivity contribution is 6.36. The third-order valence-electron chi connectivity index (χ3n) is 4.41. The van der Waals surface area contributed by atoms with Crippen LogP contribution in [0, 0.1) is 6.92 Å². The number of halogens is 2. The molecule has 0 atom stereocenters. The van der Waals surface area contributed by atoms with Gasteiger partial charge in [0.25, 0.3) is 0 Å². The monoisotopic (exact) mass is 424 g/mol. The maximum absolute atomic E-state index is 13.1. The van der Waals surface area contributed by atoms with E-state index in [4.69, 9.17) is 32.4 Å². The molecule has 0 aliphatic rings. The normalized spacial score (nSPS) is 10.9. The quantitative estimate of drug-likeness (QED) is 0.362. The van der Waals surface area contributed by atoms with E-state index in [2.05, 4.69) is 0 Å². The summed E-state index contributed by atoms with van der Waals surface area (Å²) < 4.78 is 11.4. The van der Waals surface area contributed by atoms with Crippen LogP contribution in [0.25, 0.3) is 22.3 Å². The first-order valence-corrected chi connectivity index (χ1v) is 9.50. The van der Waals surface area contributed by atoms with Crippen molar-refractivity contribution in [1.82, 2.24) is 0 Å². The molecule has 4 nitrogen and oxygen atoms in total. The van der Waals surface area contributed by atoms with E-state index < -0.39 is 11.4 Å². The van der Waals surface area contributed by atoms with Gasteiger partial charge in [0.15, 0.2) is 5.76 Å². The van der Waals surface area contributed by atoms with Gasteiger partial charge < -0.3 is 9.15 Å². The largest absolute Gasteiger partial charge is 0.452 e. The molecule has 6 heteroatoms. The van der Waals surface area contributed by atoms with Crippen LogP contribution in [0.2, 0.25) is 10.0 Å². The van der Waals surface area contributed by atoms with Gasteiger partial charge in [0.1, 0.15) is 5.58 Å². The predicted molar refractivity (Wildman–Crippen MR) is 114 cm³/mol.